The van der Waals surface area contributed by atoms with Crippen LogP contribution >= 0.6 is 11.6 Å². The molecule has 0 aliphatic carbocycles. The van der Waals surface area contributed by atoms with Crippen LogP contribution in [-0.2, 0) is 14.4 Å². The Labute approximate surface area is 284 Å². The molecular formula is C34H40ClFN8O4. The van der Waals surface area contributed by atoms with E-state index in [4.69, 9.17) is 21.2 Å². The van der Waals surface area contributed by atoms with Crippen molar-refractivity contribution in [2.45, 2.75) is 38.3 Å². The molecule has 3 fully saturated rings. The van der Waals surface area contributed by atoms with Gasteiger partial charge in [-0.05, 0) is 42.7 Å². The number of rotatable bonds is 9. The number of hydrogen-bond donors (Lipinski definition) is 2. The molecule has 3 saturated heterocycles. The van der Waals surface area contributed by atoms with E-state index in [1.807, 2.05) is 17.0 Å². The molecule has 2 N–H and O–H groups in total. The SMILES string of the molecule is C=CC(=O)Nc1cc(Nc2cc(N3OCCC3c3ccc(F)c(Cl)c3)ncn2)c(OC)cc1N1CCC(N2CCN(C(C)=O)CC2)CC1. The Morgan fingerprint density at radius 1 is 1.04 bits per heavy atom. The predicted molar refractivity (Wildman–Crippen MR) is 183 cm³/mol. The summed E-state index contributed by atoms with van der Waals surface area (Å²) in [6, 6.07) is 10.4. The number of anilines is 5. The minimum Gasteiger partial charge on any atom is -0.494 e. The fourth-order valence-corrected chi connectivity index (χ4v) is 6.84. The summed E-state index contributed by atoms with van der Waals surface area (Å²) < 4.78 is 19.7. The van der Waals surface area contributed by atoms with Gasteiger partial charge in [0.25, 0.3) is 0 Å². The number of nitrogens with zero attached hydrogens (tertiary/aromatic N) is 6. The van der Waals surface area contributed by atoms with Crippen LogP contribution in [0.5, 0.6) is 5.75 Å². The third-order valence-electron chi connectivity index (χ3n) is 9.22. The summed E-state index contributed by atoms with van der Waals surface area (Å²) in [4.78, 5) is 45.7. The van der Waals surface area contributed by atoms with Crippen molar-refractivity contribution in [2.24, 2.45) is 0 Å². The van der Waals surface area contributed by atoms with Crippen LogP contribution in [0.15, 0.2) is 55.4 Å². The highest BCUT2D eigenvalue weighted by Gasteiger charge is 2.31. The van der Waals surface area contributed by atoms with Crippen LogP contribution in [0, 0.1) is 5.82 Å². The molecule has 254 valence electrons. The van der Waals surface area contributed by atoms with Gasteiger partial charge in [-0.1, -0.05) is 24.2 Å². The molecule has 0 radical (unpaired) electrons. The van der Waals surface area contributed by atoms with Gasteiger partial charge in [-0.15, -0.1) is 0 Å². The largest absolute Gasteiger partial charge is 0.494 e. The smallest absolute Gasteiger partial charge is 0.247 e. The minimum atomic E-state index is -0.479. The lowest BCUT2D eigenvalue weighted by Gasteiger charge is -2.43. The van der Waals surface area contributed by atoms with Gasteiger partial charge in [0.1, 0.15) is 23.7 Å². The van der Waals surface area contributed by atoms with E-state index in [0.29, 0.717) is 47.8 Å². The normalized spacial score (nSPS) is 18.9. The van der Waals surface area contributed by atoms with Crippen LogP contribution < -0.4 is 25.3 Å². The molecule has 2 amide bonds. The lowest BCUT2D eigenvalue weighted by molar-refractivity contribution is -0.131. The number of nitrogens with one attached hydrogen (secondary N) is 2. The first-order valence-corrected chi connectivity index (χ1v) is 16.5. The lowest BCUT2D eigenvalue weighted by atomic mass is 10.0. The molecular weight excluding hydrogens is 639 g/mol. The first-order chi connectivity index (χ1) is 23.2. The van der Waals surface area contributed by atoms with Gasteiger partial charge in [0.2, 0.25) is 11.8 Å². The first-order valence-electron chi connectivity index (χ1n) is 16.1. The summed E-state index contributed by atoms with van der Waals surface area (Å²) in [7, 11) is 1.60. The number of amides is 2. The highest BCUT2D eigenvalue weighted by Crippen LogP contribution is 2.41. The second-order valence-electron chi connectivity index (χ2n) is 12.0. The molecule has 0 saturated carbocycles. The third-order valence-corrected chi connectivity index (χ3v) is 9.51. The van der Waals surface area contributed by atoms with Crippen LogP contribution in [0.3, 0.4) is 0 Å². The number of piperazine rings is 1. The number of hydrogen-bond acceptors (Lipinski definition) is 10. The molecule has 0 bridgehead atoms. The number of halogens is 2. The number of carbonyl (C=O) groups excluding carboxylic acids is 2. The van der Waals surface area contributed by atoms with Gasteiger partial charge < -0.3 is 25.2 Å². The van der Waals surface area contributed by atoms with E-state index in [1.165, 1.54) is 18.5 Å². The van der Waals surface area contributed by atoms with Crippen molar-refractivity contribution in [1.82, 2.24) is 19.8 Å². The van der Waals surface area contributed by atoms with Crippen molar-refractivity contribution < 1.29 is 23.6 Å². The standard InChI is InChI=1S/C34H40ClFN8O4/c1-4-34(46)40-27-18-28(31(47-3)19-30(27)43-10-7-24(8-11-43)42-14-12-41(13-15-42)22(2)45)39-32-20-33(38-21-37-32)44-29(9-16-48-44)23-5-6-26(36)25(35)17-23/h4-6,17-21,24,29H,1,7-16H2,2-3H3,(H,40,46)(H,37,38,39). The van der Waals surface area contributed by atoms with Gasteiger partial charge in [0.15, 0.2) is 5.82 Å². The van der Waals surface area contributed by atoms with Crippen molar-refractivity contribution in [3.05, 3.63) is 71.8 Å². The average molecular weight is 679 g/mol. The Bertz CT molecular complexity index is 1660. The molecule has 48 heavy (non-hydrogen) atoms. The number of methoxy groups -OCH3 is 1. The Morgan fingerprint density at radius 2 is 1.81 bits per heavy atom. The van der Waals surface area contributed by atoms with E-state index >= 15 is 0 Å². The maximum Gasteiger partial charge on any atom is 0.247 e. The van der Waals surface area contributed by atoms with E-state index in [1.54, 1.807) is 37.3 Å². The van der Waals surface area contributed by atoms with E-state index in [0.717, 1.165) is 63.4 Å². The molecule has 1 aromatic heterocycles. The molecule has 12 nitrogen and oxygen atoms in total. The fraction of sp³-hybridized carbons (Fsp3) is 0.412. The molecule has 0 spiro atoms. The maximum atomic E-state index is 13.8. The summed E-state index contributed by atoms with van der Waals surface area (Å²) in [5, 5.41) is 8.02. The Balaban J connectivity index is 1.20. The van der Waals surface area contributed by atoms with Gasteiger partial charge in [0, 0.05) is 70.8 Å². The van der Waals surface area contributed by atoms with Crippen molar-refractivity contribution >= 4 is 52.1 Å². The molecule has 2 aromatic carbocycles. The fourth-order valence-electron chi connectivity index (χ4n) is 6.65. The zero-order valence-electron chi connectivity index (χ0n) is 27.1. The maximum absolute atomic E-state index is 13.8. The van der Waals surface area contributed by atoms with Crippen LogP contribution in [0.2, 0.25) is 5.02 Å². The van der Waals surface area contributed by atoms with Gasteiger partial charge in [-0.2, -0.15) is 0 Å². The minimum absolute atomic E-state index is 0.0489. The van der Waals surface area contributed by atoms with Crippen molar-refractivity contribution in [3.8, 4) is 5.75 Å². The molecule has 1 unspecified atom stereocenters. The number of benzene rings is 2. The lowest BCUT2D eigenvalue weighted by Crippen LogP contribution is -2.54. The van der Waals surface area contributed by atoms with Crippen molar-refractivity contribution in [3.63, 3.8) is 0 Å². The van der Waals surface area contributed by atoms with E-state index < -0.39 is 5.82 Å². The number of carbonyl (C=O) groups is 2. The number of piperidine rings is 1. The quantitative estimate of drug-likeness (QED) is 0.294. The average Bonchev–Trinajstić information content (AvgIpc) is 3.60. The van der Waals surface area contributed by atoms with Gasteiger partial charge in [-0.3, -0.25) is 19.3 Å². The second kappa shape index (κ2) is 14.8. The number of ether oxygens (including phenoxy) is 1. The predicted octanol–water partition coefficient (Wildman–Crippen LogP) is 5.16. The number of hydroxylamine groups is 1. The molecule has 14 heteroatoms. The van der Waals surface area contributed by atoms with Crippen LogP contribution in [-0.4, -0.2) is 90.6 Å². The molecule has 4 heterocycles. The van der Waals surface area contributed by atoms with Gasteiger partial charge in [0.05, 0.1) is 41.8 Å². The Hall–Kier alpha value is -4.46. The highest BCUT2D eigenvalue weighted by molar-refractivity contribution is 6.30. The van der Waals surface area contributed by atoms with Gasteiger partial charge in [-0.25, -0.2) is 19.4 Å². The zero-order valence-corrected chi connectivity index (χ0v) is 27.9. The summed E-state index contributed by atoms with van der Waals surface area (Å²) in [6.07, 6.45) is 5.27. The van der Waals surface area contributed by atoms with Crippen LogP contribution in [0.1, 0.15) is 37.8 Å². The van der Waals surface area contributed by atoms with Crippen LogP contribution in [0.4, 0.5) is 33.1 Å². The van der Waals surface area contributed by atoms with E-state index in [-0.39, 0.29) is 22.9 Å². The second-order valence-corrected chi connectivity index (χ2v) is 12.5. The van der Waals surface area contributed by atoms with Gasteiger partial charge >= 0.3 is 0 Å². The third kappa shape index (κ3) is 7.33. The monoisotopic (exact) mass is 678 g/mol. The number of aromatic nitrogens is 2. The van der Waals surface area contributed by atoms with Crippen LogP contribution in [0.25, 0.3) is 0 Å². The van der Waals surface area contributed by atoms with Crippen molar-refractivity contribution in [1.29, 1.82) is 0 Å². The van der Waals surface area contributed by atoms with E-state index in [9.17, 15) is 14.0 Å². The molecule has 3 aliphatic heterocycles. The molecule has 3 aliphatic rings. The summed E-state index contributed by atoms with van der Waals surface area (Å²) in [5.41, 5.74) is 2.86. The Kier molecular flexibility index (Phi) is 10.3. The Morgan fingerprint density at radius 3 is 2.50 bits per heavy atom. The highest BCUT2D eigenvalue weighted by atomic mass is 35.5. The topological polar surface area (TPSA) is 115 Å². The zero-order chi connectivity index (χ0) is 33.8. The first kappa shape index (κ1) is 33.4. The van der Waals surface area contributed by atoms with E-state index in [2.05, 4.69) is 37.0 Å². The summed E-state index contributed by atoms with van der Waals surface area (Å²) >= 11 is 6.07. The van der Waals surface area contributed by atoms with Crippen molar-refractivity contribution in [2.75, 3.05) is 73.6 Å². The molecule has 1 atom stereocenters. The summed E-state index contributed by atoms with van der Waals surface area (Å²) in [6.45, 7) is 10.6. The summed E-state index contributed by atoms with van der Waals surface area (Å²) in [5.74, 6) is 0.884. The molecule has 3 aromatic rings. The molecule has 6 rings (SSSR count).